The fraction of sp³-hybridized carbons (Fsp3) is 0.419. The van der Waals surface area contributed by atoms with Gasteiger partial charge in [0, 0.05) is 63.4 Å². The summed E-state index contributed by atoms with van der Waals surface area (Å²) in [6.45, 7) is 5.45. The number of fused-ring (bicyclic) bond motifs is 1. The van der Waals surface area contributed by atoms with E-state index in [9.17, 15) is 14.4 Å². The van der Waals surface area contributed by atoms with Crippen LogP contribution in [0.1, 0.15) is 59.9 Å². The highest BCUT2D eigenvalue weighted by atomic mass is 16.3. The quantitative estimate of drug-likeness (QED) is 0.498. The number of hydrogen-bond donors (Lipinski definition) is 1. The minimum Gasteiger partial charge on any atom is -0.451 e. The van der Waals surface area contributed by atoms with E-state index < -0.39 is 0 Å². The van der Waals surface area contributed by atoms with Crippen molar-refractivity contribution < 1.29 is 18.8 Å². The number of Topliss-reactive ketones (excluding diaryl/α,β-unsaturated/α-hetero) is 1. The molecule has 8 heteroatoms. The molecular formula is C31H34N4O4. The molecule has 2 aliphatic heterocycles. The molecule has 1 N–H and O–H groups in total. The Morgan fingerprint density at radius 2 is 1.64 bits per heavy atom. The summed E-state index contributed by atoms with van der Waals surface area (Å²) in [5.74, 6) is 0.315. The number of ketones is 1. The van der Waals surface area contributed by atoms with Gasteiger partial charge in [0.15, 0.2) is 5.76 Å². The molecule has 2 aromatic carbocycles. The molecule has 5 rings (SSSR count). The normalized spacial score (nSPS) is 17.2. The number of furan rings is 1. The van der Waals surface area contributed by atoms with Crippen molar-refractivity contribution in [3.05, 3.63) is 71.0 Å². The van der Waals surface area contributed by atoms with Gasteiger partial charge in [-0.05, 0) is 67.1 Å². The molecule has 0 saturated carbocycles. The smallest absolute Gasteiger partial charge is 0.287 e. The van der Waals surface area contributed by atoms with Crippen LogP contribution in [-0.4, -0.2) is 59.6 Å². The Balaban J connectivity index is 1.12. The molecular weight excluding hydrogens is 492 g/mol. The predicted octanol–water partition coefficient (Wildman–Crippen LogP) is 4.07. The number of nitrogens with one attached hydrogen (secondary N) is 1. The lowest BCUT2D eigenvalue weighted by molar-refractivity contribution is -0.133. The molecule has 2 aliphatic rings. The number of carbonyl (C=O) groups is 3. The van der Waals surface area contributed by atoms with Crippen LogP contribution in [0.4, 0.5) is 0 Å². The third kappa shape index (κ3) is 6.55. The van der Waals surface area contributed by atoms with E-state index in [1.165, 1.54) is 5.56 Å². The molecule has 3 heterocycles. The van der Waals surface area contributed by atoms with Crippen molar-refractivity contribution in [3.63, 3.8) is 0 Å². The topological polar surface area (TPSA) is 107 Å². The Morgan fingerprint density at radius 1 is 0.949 bits per heavy atom. The maximum Gasteiger partial charge on any atom is 0.287 e. The molecule has 0 atom stereocenters. The van der Waals surface area contributed by atoms with Crippen molar-refractivity contribution in [2.75, 3.05) is 26.2 Å². The van der Waals surface area contributed by atoms with Gasteiger partial charge in [-0.25, -0.2) is 0 Å². The Hall–Kier alpha value is -3.96. The van der Waals surface area contributed by atoms with E-state index in [-0.39, 0.29) is 35.3 Å². The zero-order chi connectivity index (χ0) is 27.4. The van der Waals surface area contributed by atoms with E-state index in [4.69, 9.17) is 9.68 Å². The van der Waals surface area contributed by atoms with E-state index >= 15 is 0 Å². The third-order valence-electron chi connectivity index (χ3n) is 7.99. The summed E-state index contributed by atoms with van der Waals surface area (Å²) in [6.07, 6.45) is 3.49. The maximum absolute atomic E-state index is 12.9. The van der Waals surface area contributed by atoms with Crippen LogP contribution < -0.4 is 5.32 Å². The van der Waals surface area contributed by atoms with Gasteiger partial charge in [-0.3, -0.25) is 19.3 Å². The summed E-state index contributed by atoms with van der Waals surface area (Å²) < 4.78 is 5.83. The highest BCUT2D eigenvalue weighted by Gasteiger charge is 2.26. The second-order valence-electron chi connectivity index (χ2n) is 10.7. The fourth-order valence-corrected chi connectivity index (χ4v) is 5.61. The monoisotopic (exact) mass is 526 g/mol. The van der Waals surface area contributed by atoms with Crippen LogP contribution in [0.2, 0.25) is 0 Å². The second-order valence-corrected chi connectivity index (χ2v) is 10.7. The number of piperidine rings is 2. The lowest BCUT2D eigenvalue weighted by Gasteiger charge is -2.32. The molecule has 2 saturated heterocycles. The first-order valence-corrected chi connectivity index (χ1v) is 13.7. The van der Waals surface area contributed by atoms with E-state index in [1.807, 2.05) is 42.5 Å². The summed E-state index contributed by atoms with van der Waals surface area (Å²) in [7, 11) is 0. The van der Waals surface area contributed by atoms with Gasteiger partial charge in [-0.15, -0.1) is 0 Å². The number of nitrogens with zero attached hydrogens (tertiary/aromatic N) is 3. The van der Waals surface area contributed by atoms with Crippen molar-refractivity contribution in [1.29, 1.82) is 5.26 Å². The molecule has 0 unspecified atom stereocenters. The molecule has 2 fully saturated rings. The van der Waals surface area contributed by atoms with Crippen LogP contribution in [0.25, 0.3) is 11.0 Å². The predicted molar refractivity (Wildman–Crippen MR) is 147 cm³/mol. The van der Waals surface area contributed by atoms with Crippen LogP contribution in [0, 0.1) is 17.2 Å². The Kier molecular flexibility index (Phi) is 8.08. The van der Waals surface area contributed by atoms with Crippen molar-refractivity contribution in [1.82, 2.24) is 15.1 Å². The van der Waals surface area contributed by atoms with Crippen LogP contribution in [0.15, 0.2) is 52.9 Å². The summed E-state index contributed by atoms with van der Waals surface area (Å²) in [4.78, 5) is 41.5. The van der Waals surface area contributed by atoms with Gasteiger partial charge in [0.2, 0.25) is 5.91 Å². The van der Waals surface area contributed by atoms with Gasteiger partial charge in [-0.2, -0.15) is 5.26 Å². The van der Waals surface area contributed by atoms with Crippen LogP contribution in [0.3, 0.4) is 0 Å². The summed E-state index contributed by atoms with van der Waals surface area (Å²) in [5, 5.41) is 12.9. The highest BCUT2D eigenvalue weighted by molar-refractivity contribution is 5.96. The SMILES string of the molecule is CC(=O)N1CCC(C(=O)Cc2ccc3oc(C(=O)NC4CCN(Cc5ccc(C#N)cc5)CC4)cc3c2)CC1. The molecule has 3 aromatic rings. The second kappa shape index (κ2) is 11.8. The summed E-state index contributed by atoms with van der Waals surface area (Å²) >= 11 is 0. The lowest BCUT2D eigenvalue weighted by Crippen LogP contribution is -2.44. The third-order valence-corrected chi connectivity index (χ3v) is 7.99. The van der Waals surface area contributed by atoms with E-state index in [0.717, 1.165) is 43.4 Å². The zero-order valence-electron chi connectivity index (χ0n) is 22.3. The zero-order valence-corrected chi connectivity index (χ0v) is 22.3. The lowest BCUT2D eigenvalue weighted by atomic mass is 9.89. The minimum atomic E-state index is -0.216. The van der Waals surface area contributed by atoms with Crippen molar-refractivity contribution >= 4 is 28.6 Å². The standard InChI is InChI=1S/C31H34N4O4/c1-21(36)35-14-8-25(9-15-35)28(37)17-24-6-7-29-26(16-24)18-30(39-29)31(38)33-27-10-12-34(13-11-27)20-23-4-2-22(19-32)3-5-23/h2-7,16,18,25,27H,8-15,17,20H2,1H3,(H,33,38). The average Bonchev–Trinajstić information content (AvgIpc) is 3.38. The summed E-state index contributed by atoms with van der Waals surface area (Å²) in [6, 6.07) is 17.3. The number of hydrogen-bond acceptors (Lipinski definition) is 6. The molecule has 8 nitrogen and oxygen atoms in total. The van der Waals surface area contributed by atoms with E-state index in [0.29, 0.717) is 43.5 Å². The van der Waals surface area contributed by atoms with E-state index in [2.05, 4.69) is 16.3 Å². The maximum atomic E-state index is 12.9. The number of carbonyl (C=O) groups excluding carboxylic acids is 3. The van der Waals surface area contributed by atoms with Crippen molar-refractivity contribution in [3.8, 4) is 6.07 Å². The molecule has 0 bridgehead atoms. The largest absolute Gasteiger partial charge is 0.451 e. The molecule has 0 aliphatic carbocycles. The van der Waals surface area contributed by atoms with Crippen molar-refractivity contribution in [2.45, 2.75) is 51.6 Å². The van der Waals surface area contributed by atoms with Crippen LogP contribution >= 0.6 is 0 Å². The Bertz CT molecular complexity index is 1390. The van der Waals surface area contributed by atoms with Crippen LogP contribution in [0.5, 0.6) is 0 Å². The van der Waals surface area contributed by atoms with Crippen molar-refractivity contribution in [2.24, 2.45) is 5.92 Å². The number of amides is 2. The minimum absolute atomic E-state index is 0.0162. The fourth-order valence-electron chi connectivity index (χ4n) is 5.61. The van der Waals surface area contributed by atoms with Gasteiger partial charge in [0.25, 0.3) is 5.91 Å². The molecule has 2 amide bonds. The Morgan fingerprint density at radius 3 is 2.31 bits per heavy atom. The molecule has 39 heavy (non-hydrogen) atoms. The van der Waals surface area contributed by atoms with Gasteiger partial charge < -0.3 is 14.6 Å². The number of likely N-dealkylation sites (tertiary alicyclic amines) is 2. The molecule has 202 valence electrons. The number of nitriles is 1. The first-order valence-electron chi connectivity index (χ1n) is 13.7. The summed E-state index contributed by atoms with van der Waals surface area (Å²) in [5.41, 5.74) is 3.38. The van der Waals surface area contributed by atoms with E-state index in [1.54, 1.807) is 17.9 Å². The van der Waals surface area contributed by atoms with Gasteiger partial charge in [0.05, 0.1) is 11.6 Å². The van der Waals surface area contributed by atoms with Gasteiger partial charge in [0.1, 0.15) is 11.4 Å². The van der Waals surface area contributed by atoms with Crippen LogP contribution in [-0.2, 0) is 22.6 Å². The van der Waals surface area contributed by atoms with Gasteiger partial charge in [-0.1, -0.05) is 18.2 Å². The Labute approximate surface area is 228 Å². The average molecular weight is 527 g/mol. The number of benzene rings is 2. The first-order chi connectivity index (χ1) is 18.9. The highest BCUT2D eigenvalue weighted by Crippen LogP contribution is 2.24. The number of rotatable bonds is 7. The molecule has 0 spiro atoms. The molecule has 1 aromatic heterocycles. The van der Waals surface area contributed by atoms with Gasteiger partial charge >= 0.3 is 0 Å². The first kappa shape index (κ1) is 26.6. The molecule has 0 radical (unpaired) electrons.